The van der Waals surface area contributed by atoms with Gasteiger partial charge in [0.2, 0.25) is 0 Å². The number of carbonyl (C=O) groups is 1. The molecule has 0 fully saturated rings. The number of nitrogens with zero attached hydrogens (tertiary/aromatic N) is 5. The van der Waals surface area contributed by atoms with E-state index in [-0.39, 0.29) is 17.3 Å². The second-order valence-electron chi connectivity index (χ2n) is 6.62. The molecule has 10 heteroatoms. The third kappa shape index (κ3) is 5.16. The Morgan fingerprint density at radius 3 is 2.73 bits per heavy atom. The summed E-state index contributed by atoms with van der Waals surface area (Å²) in [5, 5.41) is 15.8. The van der Waals surface area contributed by atoms with Crippen LogP contribution >= 0.6 is 0 Å². The van der Waals surface area contributed by atoms with Crippen LogP contribution < -0.4 is 15.7 Å². The van der Waals surface area contributed by atoms with Gasteiger partial charge < -0.3 is 4.74 Å². The van der Waals surface area contributed by atoms with Gasteiger partial charge in [-0.15, -0.1) is 10.2 Å². The lowest BCUT2D eigenvalue weighted by Gasteiger charge is -2.05. The van der Waals surface area contributed by atoms with E-state index in [1.165, 1.54) is 17.8 Å². The van der Waals surface area contributed by atoms with Gasteiger partial charge in [0.25, 0.3) is 17.4 Å². The third-order valence-corrected chi connectivity index (χ3v) is 4.14. The Morgan fingerprint density at radius 2 is 2.03 bits per heavy atom. The SMILES string of the molecule is CCCCOc1ccc(/C=N\NC(=O)c2cc(C)nn2-c2nnc(C)c(=O)[nH]2)cc1. The maximum absolute atomic E-state index is 12.5. The van der Waals surface area contributed by atoms with Crippen LogP contribution in [0.5, 0.6) is 5.75 Å². The molecule has 3 rings (SSSR count). The van der Waals surface area contributed by atoms with Crippen LogP contribution in [0.2, 0.25) is 0 Å². The van der Waals surface area contributed by atoms with Gasteiger partial charge in [0.1, 0.15) is 17.1 Å². The maximum atomic E-state index is 12.5. The van der Waals surface area contributed by atoms with Crippen LogP contribution in [0.25, 0.3) is 5.95 Å². The number of H-pyrrole nitrogens is 1. The molecule has 2 aromatic heterocycles. The van der Waals surface area contributed by atoms with E-state index in [4.69, 9.17) is 4.74 Å². The molecule has 0 unspecified atom stereocenters. The van der Waals surface area contributed by atoms with Crippen molar-refractivity contribution >= 4 is 12.1 Å². The summed E-state index contributed by atoms with van der Waals surface area (Å²) in [5.74, 6) is 0.332. The van der Waals surface area contributed by atoms with Crippen molar-refractivity contribution in [2.45, 2.75) is 33.6 Å². The number of aromatic amines is 1. The molecule has 0 atom stereocenters. The predicted octanol–water partition coefficient (Wildman–Crippen LogP) is 1.91. The molecule has 1 aromatic carbocycles. The summed E-state index contributed by atoms with van der Waals surface area (Å²) in [6.45, 7) is 6.05. The van der Waals surface area contributed by atoms with Crippen LogP contribution in [0.1, 0.15) is 47.2 Å². The molecular formula is C20H23N7O3. The van der Waals surface area contributed by atoms with E-state index in [9.17, 15) is 9.59 Å². The summed E-state index contributed by atoms with van der Waals surface area (Å²) in [7, 11) is 0. The predicted molar refractivity (Wildman–Crippen MR) is 111 cm³/mol. The molecule has 30 heavy (non-hydrogen) atoms. The molecule has 10 nitrogen and oxygen atoms in total. The summed E-state index contributed by atoms with van der Waals surface area (Å²) in [5.41, 5.74) is 3.81. The first-order valence-electron chi connectivity index (χ1n) is 9.55. The van der Waals surface area contributed by atoms with Crippen LogP contribution in [0.15, 0.2) is 40.2 Å². The summed E-state index contributed by atoms with van der Waals surface area (Å²) >= 11 is 0. The first-order chi connectivity index (χ1) is 14.5. The standard InChI is InChI=1S/C20H23N7O3/c1-4-5-10-30-16-8-6-15(7-9-16)12-21-24-19(29)17-11-13(2)26-27(17)20-22-18(28)14(3)23-25-20/h6-9,11-12H,4-5,10H2,1-3H3,(H,24,29)(H,22,25,28)/b21-12-. The molecule has 0 saturated carbocycles. The van der Waals surface area contributed by atoms with Crippen molar-refractivity contribution in [2.75, 3.05) is 6.61 Å². The van der Waals surface area contributed by atoms with Gasteiger partial charge in [-0.25, -0.2) is 5.43 Å². The highest BCUT2D eigenvalue weighted by Crippen LogP contribution is 2.12. The highest BCUT2D eigenvalue weighted by molar-refractivity contribution is 5.93. The van der Waals surface area contributed by atoms with Gasteiger partial charge in [-0.2, -0.15) is 14.9 Å². The molecule has 2 heterocycles. The molecule has 2 N–H and O–H groups in total. The monoisotopic (exact) mass is 409 g/mol. The van der Waals surface area contributed by atoms with E-state index < -0.39 is 11.5 Å². The van der Waals surface area contributed by atoms with Crippen LogP contribution in [0.3, 0.4) is 0 Å². The summed E-state index contributed by atoms with van der Waals surface area (Å²) in [6, 6.07) is 8.95. The Balaban J connectivity index is 1.68. The fourth-order valence-electron chi connectivity index (χ4n) is 2.51. The molecule has 0 spiro atoms. The van der Waals surface area contributed by atoms with Crippen molar-refractivity contribution in [3.05, 3.63) is 63.3 Å². The molecule has 0 aliphatic heterocycles. The number of hydrogen-bond donors (Lipinski definition) is 2. The quantitative estimate of drug-likeness (QED) is 0.332. The third-order valence-electron chi connectivity index (χ3n) is 4.14. The van der Waals surface area contributed by atoms with Crippen molar-refractivity contribution in [1.29, 1.82) is 0 Å². The van der Waals surface area contributed by atoms with Gasteiger partial charge >= 0.3 is 0 Å². The minimum absolute atomic E-state index is 0.0477. The zero-order chi connectivity index (χ0) is 21.5. The molecule has 0 aliphatic rings. The summed E-state index contributed by atoms with van der Waals surface area (Å²) < 4.78 is 6.83. The first kappa shape index (κ1) is 20.9. The number of benzene rings is 1. The van der Waals surface area contributed by atoms with Gasteiger partial charge in [0.05, 0.1) is 18.5 Å². The first-order valence-corrected chi connectivity index (χ1v) is 9.55. The van der Waals surface area contributed by atoms with E-state index in [2.05, 4.69) is 37.7 Å². The number of rotatable bonds is 8. The molecule has 3 aromatic rings. The topological polar surface area (TPSA) is 127 Å². The highest BCUT2D eigenvalue weighted by Gasteiger charge is 2.17. The van der Waals surface area contributed by atoms with Gasteiger partial charge in [0.15, 0.2) is 0 Å². The van der Waals surface area contributed by atoms with E-state index in [1.807, 2.05) is 24.3 Å². The number of aromatic nitrogens is 5. The molecule has 156 valence electrons. The van der Waals surface area contributed by atoms with Crippen molar-refractivity contribution in [3.63, 3.8) is 0 Å². The number of carbonyl (C=O) groups excluding carboxylic acids is 1. The smallest absolute Gasteiger partial charge is 0.290 e. The molecule has 0 bridgehead atoms. The molecule has 1 amide bonds. The van der Waals surface area contributed by atoms with E-state index in [1.54, 1.807) is 13.0 Å². The van der Waals surface area contributed by atoms with Gasteiger partial charge in [0, 0.05) is 0 Å². The Labute approximate surface area is 173 Å². The van der Waals surface area contributed by atoms with Gasteiger partial charge in [-0.3, -0.25) is 14.6 Å². The van der Waals surface area contributed by atoms with Crippen molar-refractivity contribution < 1.29 is 9.53 Å². The Morgan fingerprint density at radius 1 is 1.27 bits per heavy atom. The van der Waals surface area contributed by atoms with Crippen molar-refractivity contribution in [2.24, 2.45) is 5.10 Å². The van der Waals surface area contributed by atoms with Crippen LogP contribution in [-0.2, 0) is 0 Å². The number of unbranched alkanes of at least 4 members (excludes halogenated alkanes) is 1. The second-order valence-corrected chi connectivity index (χ2v) is 6.62. The largest absolute Gasteiger partial charge is 0.494 e. The fourth-order valence-corrected chi connectivity index (χ4v) is 2.51. The van der Waals surface area contributed by atoms with Crippen molar-refractivity contribution in [1.82, 2.24) is 30.4 Å². The minimum Gasteiger partial charge on any atom is -0.494 e. The van der Waals surface area contributed by atoms with E-state index in [0.717, 1.165) is 24.2 Å². The Hall–Kier alpha value is -3.82. The number of hydrazone groups is 1. The number of amides is 1. The molecule has 0 radical (unpaired) electrons. The van der Waals surface area contributed by atoms with Crippen LogP contribution in [0, 0.1) is 13.8 Å². The van der Waals surface area contributed by atoms with E-state index in [0.29, 0.717) is 12.3 Å². The average Bonchev–Trinajstić information content (AvgIpc) is 3.13. The van der Waals surface area contributed by atoms with Gasteiger partial charge in [-0.05, 0) is 56.2 Å². The van der Waals surface area contributed by atoms with Crippen LogP contribution in [-0.4, -0.2) is 43.7 Å². The zero-order valence-electron chi connectivity index (χ0n) is 17.0. The lowest BCUT2D eigenvalue weighted by atomic mass is 10.2. The molecule has 0 saturated heterocycles. The normalized spacial score (nSPS) is 11.0. The second kappa shape index (κ2) is 9.59. The number of nitrogens with one attached hydrogen (secondary N) is 2. The van der Waals surface area contributed by atoms with Crippen LogP contribution in [0.4, 0.5) is 0 Å². The lowest BCUT2D eigenvalue weighted by molar-refractivity contribution is 0.0947. The number of ether oxygens (including phenoxy) is 1. The van der Waals surface area contributed by atoms with Gasteiger partial charge in [-0.1, -0.05) is 13.3 Å². The minimum atomic E-state index is -0.505. The Kier molecular flexibility index (Phi) is 6.68. The Bertz CT molecular complexity index is 1100. The maximum Gasteiger partial charge on any atom is 0.290 e. The van der Waals surface area contributed by atoms with Crippen molar-refractivity contribution in [3.8, 4) is 11.7 Å². The summed E-state index contributed by atoms with van der Waals surface area (Å²) in [4.78, 5) is 26.9. The zero-order valence-corrected chi connectivity index (χ0v) is 17.0. The van der Waals surface area contributed by atoms with E-state index >= 15 is 0 Å². The number of hydrogen-bond acceptors (Lipinski definition) is 7. The summed E-state index contributed by atoms with van der Waals surface area (Å²) in [6.07, 6.45) is 3.61. The average molecular weight is 409 g/mol. The number of aryl methyl sites for hydroxylation is 2. The fraction of sp³-hybridized carbons (Fsp3) is 0.300. The molecular weight excluding hydrogens is 386 g/mol. The molecule has 0 aliphatic carbocycles. The lowest BCUT2D eigenvalue weighted by Crippen LogP contribution is -2.24. The highest BCUT2D eigenvalue weighted by atomic mass is 16.5.